The molecule has 2 atom stereocenters. The van der Waals surface area contributed by atoms with E-state index in [1.165, 1.54) is 91.8 Å². The number of aryl methyl sites for hydroxylation is 1. The van der Waals surface area contributed by atoms with Gasteiger partial charge in [-0.2, -0.15) is 0 Å². The maximum atomic E-state index is 2.85. The van der Waals surface area contributed by atoms with Crippen LogP contribution < -0.4 is 31.1 Å². The van der Waals surface area contributed by atoms with Crippen molar-refractivity contribution in [1.29, 1.82) is 0 Å². The van der Waals surface area contributed by atoms with Gasteiger partial charge in [0, 0.05) is 45.2 Å². The topological polar surface area (TPSA) is 9.72 Å². The van der Waals surface area contributed by atoms with E-state index in [-0.39, 0.29) is 17.7 Å². The smallest absolute Gasteiger partial charge is 0.252 e. The second-order valence-corrected chi connectivity index (χ2v) is 18.1. The van der Waals surface area contributed by atoms with Gasteiger partial charge in [0.25, 0.3) is 6.71 Å². The molecule has 0 bridgehead atoms. The first-order chi connectivity index (χ1) is 29.9. The maximum Gasteiger partial charge on any atom is 0.252 e. The van der Waals surface area contributed by atoms with Crippen molar-refractivity contribution < 1.29 is 0 Å². The first-order valence-corrected chi connectivity index (χ1v) is 22.1. The van der Waals surface area contributed by atoms with Gasteiger partial charge >= 0.3 is 0 Å². The van der Waals surface area contributed by atoms with Crippen LogP contribution in [-0.4, -0.2) is 12.3 Å². The van der Waals surface area contributed by atoms with Gasteiger partial charge in [-0.1, -0.05) is 159 Å². The molecule has 2 unspecified atom stereocenters. The molecular formula is C57H48BN3. The Kier molecular flexibility index (Phi) is 8.06. The van der Waals surface area contributed by atoms with Crippen molar-refractivity contribution in [3.63, 3.8) is 0 Å². The van der Waals surface area contributed by atoms with Crippen molar-refractivity contribution in [3.8, 4) is 22.3 Å². The Bertz CT molecular complexity index is 2930. The predicted octanol–water partition coefficient (Wildman–Crippen LogP) is 13.2. The van der Waals surface area contributed by atoms with Gasteiger partial charge in [0.05, 0.1) is 11.2 Å². The average molecular weight is 786 g/mol. The molecule has 0 spiro atoms. The highest BCUT2D eigenvalue weighted by atomic mass is 15.3. The number of anilines is 8. The number of fused-ring (bicyclic) bond motifs is 7. The number of rotatable bonds is 6. The van der Waals surface area contributed by atoms with Crippen LogP contribution in [0.1, 0.15) is 50.7 Å². The monoisotopic (exact) mass is 785 g/mol. The molecule has 0 radical (unpaired) electrons. The van der Waals surface area contributed by atoms with Gasteiger partial charge in [-0.05, 0) is 125 Å². The Labute approximate surface area is 360 Å². The summed E-state index contributed by atoms with van der Waals surface area (Å²) in [5.74, 6) is 0. The van der Waals surface area contributed by atoms with Gasteiger partial charge in [0.1, 0.15) is 0 Å². The highest BCUT2D eigenvalue weighted by molar-refractivity contribution is 7.00. The first kappa shape index (κ1) is 36.1. The molecule has 8 aromatic rings. The van der Waals surface area contributed by atoms with E-state index in [1.54, 1.807) is 0 Å². The third-order valence-corrected chi connectivity index (χ3v) is 14.8. The molecule has 1 aliphatic carbocycles. The van der Waals surface area contributed by atoms with Crippen LogP contribution in [0.2, 0.25) is 0 Å². The van der Waals surface area contributed by atoms with Gasteiger partial charge in [0.15, 0.2) is 0 Å². The highest BCUT2D eigenvalue weighted by Gasteiger charge is 2.61. The van der Waals surface area contributed by atoms with Crippen molar-refractivity contribution >= 4 is 68.6 Å². The van der Waals surface area contributed by atoms with Crippen molar-refractivity contribution in [2.75, 3.05) is 14.7 Å². The van der Waals surface area contributed by atoms with E-state index in [9.17, 15) is 0 Å². The summed E-state index contributed by atoms with van der Waals surface area (Å²) in [5.41, 5.74) is 21.8. The molecule has 4 aliphatic rings. The molecule has 3 nitrogen and oxygen atoms in total. The van der Waals surface area contributed by atoms with Crippen LogP contribution in [0.5, 0.6) is 0 Å². The van der Waals surface area contributed by atoms with Crippen molar-refractivity contribution in [2.45, 2.75) is 57.4 Å². The molecule has 1 fully saturated rings. The normalized spacial score (nSPS) is 19.2. The molecule has 0 amide bonds. The van der Waals surface area contributed by atoms with E-state index in [2.05, 4.69) is 224 Å². The van der Waals surface area contributed by atoms with E-state index in [1.807, 2.05) is 0 Å². The van der Waals surface area contributed by atoms with Gasteiger partial charge in [0.2, 0.25) is 0 Å². The van der Waals surface area contributed by atoms with E-state index in [0.29, 0.717) is 0 Å². The molecule has 0 aromatic heterocycles. The van der Waals surface area contributed by atoms with Crippen LogP contribution >= 0.6 is 0 Å². The van der Waals surface area contributed by atoms with Crippen LogP contribution in [0.4, 0.5) is 45.5 Å². The van der Waals surface area contributed by atoms with Gasteiger partial charge < -0.3 is 14.7 Å². The summed E-state index contributed by atoms with van der Waals surface area (Å²) in [6.07, 6.45) is 4.84. The van der Waals surface area contributed by atoms with Gasteiger partial charge in [-0.25, -0.2) is 0 Å². The lowest BCUT2D eigenvalue weighted by molar-refractivity contribution is 0.195. The second-order valence-electron chi connectivity index (χ2n) is 18.1. The summed E-state index contributed by atoms with van der Waals surface area (Å²) in [6, 6.07) is 70.1. The van der Waals surface area contributed by atoms with Crippen LogP contribution in [0.15, 0.2) is 188 Å². The minimum absolute atomic E-state index is 0.0119. The molecular weight excluding hydrogens is 737 g/mol. The zero-order valence-corrected chi connectivity index (χ0v) is 35.1. The average Bonchev–Trinajstić information content (AvgIpc) is 3.52. The number of nitrogens with zero attached hydrogens (tertiary/aromatic N) is 3. The summed E-state index contributed by atoms with van der Waals surface area (Å²) >= 11 is 0. The predicted molar refractivity (Wildman–Crippen MR) is 259 cm³/mol. The molecule has 1 saturated carbocycles. The van der Waals surface area contributed by atoms with Crippen LogP contribution in [-0.2, 0) is 5.41 Å². The number of hydrogen-bond acceptors (Lipinski definition) is 3. The Morgan fingerprint density at radius 1 is 0.492 bits per heavy atom. The third kappa shape index (κ3) is 5.31. The Morgan fingerprint density at radius 2 is 1.05 bits per heavy atom. The minimum Gasteiger partial charge on any atom is -0.335 e. The lowest BCUT2D eigenvalue weighted by Crippen LogP contribution is -2.64. The van der Waals surface area contributed by atoms with E-state index in [4.69, 9.17) is 0 Å². The van der Waals surface area contributed by atoms with Crippen LogP contribution in [0.3, 0.4) is 0 Å². The SMILES string of the molecule is Cc1cc2c3c(c1)C1(C)CCCCC1(C)N3c1cc(N(c3ccccc3)c3ccccc3)cc3c1B2c1cc(-c2ccccc2)ccc1N3c1ccc(-c2ccccc2)cc1. The number of hydrogen-bond donors (Lipinski definition) is 0. The van der Waals surface area contributed by atoms with E-state index < -0.39 is 0 Å². The quantitative estimate of drug-likeness (QED) is 0.156. The van der Waals surface area contributed by atoms with Crippen molar-refractivity contribution in [1.82, 2.24) is 0 Å². The lowest BCUT2D eigenvalue weighted by atomic mass is 9.33. The maximum absolute atomic E-state index is 2.85. The fourth-order valence-corrected chi connectivity index (χ4v) is 11.7. The standard InChI is InChI=1S/C57H48BN3/c1-39-34-48-55-50(35-39)58-49-36-43(41-20-10-5-11-21-41)28-31-51(49)60(46-29-26-42(27-30-46)40-18-8-4-9-19-40)52-37-47(59(44-22-12-6-13-23-44)45-24-14-7-15-25-45)38-53(54(52)58)61(55)57(3)33-17-16-32-56(48,57)2/h4-15,18-31,34-38H,16-17,32-33H2,1-3H3. The van der Waals surface area contributed by atoms with Crippen LogP contribution in [0.25, 0.3) is 22.3 Å². The summed E-state index contributed by atoms with van der Waals surface area (Å²) in [7, 11) is 0. The zero-order valence-electron chi connectivity index (χ0n) is 35.1. The molecule has 0 saturated heterocycles. The summed E-state index contributed by atoms with van der Waals surface area (Å²) in [4.78, 5) is 7.89. The molecule has 3 aliphatic heterocycles. The fraction of sp³-hybridized carbons (Fsp3) is 0.158. The molecule has 294 valence electrons. The first-order valence-electron chi connectivity index (χ1n) is 22.1. The summed E-state index contributed by atoms with van der Waals surface area (Å²) in [5, 5.41) is 0. The lowest BCUT2D eigenvalue weighted by Gasteiger charge is -2.53. The third-order valence-electron chi connectivity index (χ3n) is 14.8. The Hall–Kier alpha value is -6.78. The number of para-hydroxylation sites is 2. The van der Waals surface area contributed by atoms with Crippen molar-refractivity contribution in [3.05, 3.63) is 199 Å². The fourth-order valence-electron chi connectivity index (χ4n) is 11.7. The van der Waals surface area contributed by atoms with E-state index >= 15 is 0 Å². The summed E-state index contributed by atoms with van der Waals surface area (Å²) in [6.45, 7) is 7.55. The van der Waals surface area contributed by atoms with Crippen molar-refractivity contribution in [2.24, 2.45) is 0 Å². The Balaban J connectivity index is 1.19. The van der Waals surface area contributed by atoms with Gasteiger partial charge in [-0.15, -0.1) is 0 Å². The summed E-state index contributed by atoms with van der Waals surface area (Å²) < 4.78 is 0. The molecule has 3 heterocycles. The second kappa shape index (κ2) is 13.6. The van der Waals surface area contributed by atoms with Gasteiger partial charge in [-0.3, -0.25) is 0 Å². The largest absolute Gasteiger partial charge is 0.335 e. The molecule has 8 aromatic carbocycles. The Morgan fingerprint density at radius 3 is 1.70 bits per heavy atom. The molecule has 61 heavy (non-hydrogen) atoms. The molecule has 12 rings (SSSR count). The molecule has 0 N–H and O–H groups in total. The zero-order chi connectivity index (χ0) is 40.9. The highest BCUT2D eigenvalue weighted by Crippen LogP contribution is 2.62. The van der Waals surface area contributed by atoms with Crippen LogP contribution in [0, 0.1) is 6.92 Å². The molecule has 4 heteroatoms. The minimum atomic E-state index is -0.0911. The number of benzene rings is 8. The van der Waals surface area contributed by atoms with E-state index in [0.717, 1.165) is 29.2 Å².